The van der Waals surface area contributed by atoms with Crippen LogP contribution in [0.1, 0.15) is 13.8 Å². The molecule has 0 saturated heterocycles. The number of ether oxygens (including phenoxy) is 1. The topological polar surface area (TPSA) is 68.5 Å². The molecule has 3 aromatic rings. The number of rotatable bonds is 7. The predicted octanol–water partition coefficient (Wildman–Crippen LogP) is 4.30. The molecular weight excluding hydrogens is 366 g/mol. The average Bonchev–Trinajstić information content (AvgIpc) is 3.17. The lowest BCUT2D eigenvalue weighted by Gasteiger charge is -2.19. The van der Waals surface area contributed by atoms with Crippen LogP contribution < -0.4 is 4.74 Å². The van der Waals surface area contributed by atoms with Crippen LogP contribution in [0.5, 0.6) is 5.75 Å². The summed E-state index contributed by atoms with van der Waals surface area (Å²) < 4.78 is 11.1. The van der Waals surface area contributed by atoms with Crippen molar-refractivity contribution in [3.05, 3.63) is 53.6 Å². The third-order valence-electron chi connectivity index (χ3n) is 4.13. The van der Waals surface area contributed by atoms with Crippen molar-refractivity contribution in [1.82, 2.24) is 15.0 Å². The Bertz CT molecular complexity index is 922. The Morgan fingerprint density at radius 2 is 1.74 bits per heavy atom. The second-order valence-corrected chi connectivity index (χ2v) is 6.16. The molecule has 27 heavy (non-hydrogen) atoms. The molecule has 0 aliphatic heterocycles. The molecule has 7 heteroatoms. The van der Waals surface area contributed by atoms with Gasteiger partial charge in [0.25, 0.3) is 11.8 Å². The van der Waals surface area contributed by atoms with Gasteiger partial charge in [-0.2, -0.15) is 4.98 Å². The van der Waals surface area contributed by atoms with Crippen molar-refractivity contribution >= 4 is 17.5 Å². The van der Waals surface area contributed by atoms with Crippen LogP contribution in [0.4, 0.5) is 0 Å². The van der Waals surface area contributed by atoms with Crippen LogP contribution >= 0.6 is 11.6 Å². The number of likely N-dealkylation sites (N-methyl/N-ethyl adjacent to an activating group) is 1. The van der Waals surface area contributed by atoms with Crippen molar-refractivity contribution < 1.29 is 14.1 Å². The van der Waals surface area contributed by atoms with Crippen LogP contribution in [0.2, 0.25) is 5.02 Å². The van der Waals surface area contributed by atoms with E-state index in [4.69, 9.17) is 20.9 Å². The molecule has 2 aromatic carbocycles. The van der Waals surface area contributed by atoms with E-state index in [1.54, 1.807) is 23.1 Å². The number of aromatic nitrogens is 2. The van der Waals surface area contributed by atoms with Gasteiger partial charge in [-0.25, -0.2) is 0 Å². The van der Waals surface area contributed by atoms with Crippen LogP contribution in [0.3, 0.4) is 0 Å². The molecule has 0 atom stereocenters. The maximum absolute atomic E-state index is 12.2. The van der Waals surface area contributed by atoms with Crippen LogP contribution in [-0.2, 0) is 4.79 Å². The molecular formula is C20H20ClN3O3. The van der Waals surface area contributed by atoms with Gasteiger partial charge < -0.3 is 14.2 Å². The Morgan fingerprint density at radius 3 is 2.44 bits per heavy atom. The molecule has 0 radical (unpaired) electrons. The van der Waals surface area contributed by atoms with Crippen molar-refractivity contribution in [2.45, 2.75) is 13.8 Å². The first kappa shape index (κ1) is 18.9. The van der Waals surface area contributed by atoms with Gasteiger partial charge in [-0.1, -0.05) is 41.0 Å². The summed E-state index contributed by atoms with van der Waals surface area (Å²) in [5.74, 6) is 1.13. The lowest BCUT2D eigenvalue weighted by atomic mass is 10.2. The van der Waals surface area contributed by atoms with Gasteiger partial charge in [0.2, 0.25) is 5.82 Å². The molecule has 3 rings (SSSR count). The fourth-order valence-electron chi connectivity index (χ4n) is 2.66. The zero-order valence-electron chi connectivity index (χ0n) is 15.2. The smallest absolute Gasteiger partial charge is 0.262 e. The molecule has 1 aromatic heterocycles. The fourth-order valence-corrected chi connectivity index (χ4v) is 2.88. The molecule has 1 amide bonds. The number of para-hydroxylation sites is 1. The zero-order valence-corrected chi connectivity index (χ0v) is 15.9. The summed E-state index contributed by atoms with van der Waals surface area (Å²) in [6, 6.07) is 14.5. The highest BCUT2D eigenvalue weighted by Crippen LogP contribution is 2.31. The van der Waals surface area contributed by atoms with E-state index in [0.29, 0.717) is 46.7 Å². The second kappa shape index (κ2) is 8.68. The first-order valence-corrected chi connectivity index (χ1v) is 9.10. The van der Waals surface area contributed by atoms with Crippen molar-refractivity contribution in [2.75, 3.05) is 19.7 Å². The normalized spacial score (nSPS) is 10.6. The lowest BCUT2D eigenvalue weighted by molar-refractivity contribution is -0.132. The molecule has 0 unspecified atom stereocenters. The molecule has 6 nitrogen and oxygen atoms in total. The standard InChI is InChI=1S/C20H20ClN3O3/c1-3-24(4-2)18(25)13-26-17-12-8-6-10-15(17)20-22-19(23-27-20)14-9-5-7-11-16(14)21/h5-12H,3-4,13H2,1-2H3. The van der Waals surface area contributed by atoms with E-state index < -0.39 is 0 Å². The van der Waals surface area contributed by atoms with Gasteiger partial charge in [0, 0.05) is 18.7 Å². The lowest BCUT2D eigenvalue weighted by Crippen LogP contribution is -2.34. The van der Waals surface area contributed by atoms with Crippen molar-refractivity contribution in [3.63, 3.8) is 0 Å². The Hall–Kier alpha value is -2.86. The van der Waals surface area contributed by atoms with Gasteiger partial charge in [-0.3, -0.25) is 4.79 Å². The number of hydrogen-bond donors (Lipinski definition) is 0. The molecule has 0 saturated carbocycles. The quantitative estimate of drug-likeness (QED) is 0.606. The largest absolute Gasteiger partial charge is 0.483 e. The number of hydrogen-bond acceptors (Lipinski definition) is 5. The number of nitrogens with zero attached hydrogens (tertiary/aromatic N) is 3. The third kappa shape index (κ3) is 4.28. The fraction of sp³-hybridized carbons (Fsp3) is 0.250. The number of halogens is 1. The summed E-state index contributed by atoms with van der Waals surface area (Å²) in [6.07, 6.45) is 0. The minimum Gasteiger partial charge on any atom is -0.483 e. The molecule has 140 valence electrons. The maximum atomic E-state index is 12.2. The summed E-state index contributed by atoms with van der Waals surface area (Å²) in [6.45, 7) is 5.11. The number of benzene rings is 2. The Labute approximate surface area is 162 Å². The Kier molecular flexibility index (Phi) is 6.08. The van der Waals surface area contributed by atoms with Crippen LogP contribution in [0.25, 0.3) is 22.8 Å². The van der Waals surface area contributed by atoms with Crippen LogP contribution in [0, 0.1) is 0 Å². The minimum absolute atomic E-state index is 0.0514. The summed E-state index contributed by atoms with van der Waals surface area (Å²) >= 11 is 6.20. The highest BCUT2D eigenvalue weighted by atomic mass is 35.5. The van der Waals surface area contributed by atoms with E-state index in [-0.39, 0.29) is 12.5 Å². The van der Waals surface area contributed by atoms with Gasteiger partial charge in [0.05, 0.1) is 10.6 Å². The number of amides is 1. The molecule has 0 aliphatic carbocycles. The average molecular weight is 386 g/mol. The Morgan fingerprint density at radius 1 is 1.07 bits per heavy atom. The Balaban J connectivity index is 1.83. The summed E-state index contributed by atoms with van der Waals surface area (Å²) in [7, 11) is 0. The van der Waals surface area contributed by atoms with Gasteiger partial charge in [-0.15, -0.1) is 0 Å². The minimum atomic E-state index is -0.0721. The summed E-state index contributed by atoms with van der Waals surface area (Å²) in [5.41, 5.74) is 1.31. The van der Waals surface area contributed by atoms with E-state index in [2.05, 4.69) is 10.1 Å². The monoisotopic (exact) mass is 385 g/mol. The predicted molar refractivity (Wildman–Crippen MR) is 104 cm³/mol. The molecule has 0 fully saturated rings. The van der Waals surface area contributed by atoms with Crippen LogP contribution in [0.15, 0.2) is 53.1 Å². The highest BCUT2D eigenvalue weighted by Gasteiger charge is 2.17. The molecule has 0 N–H and O–H groups in total. The van der Waals surface area contributed by atoms with Crippen molar-refractivity contribution in [3.8, 4) is 28.6 Å². The van der Waals surface area contributed by atoms with E-state index in [0.717, 1.165) is 0 Å². The molecule has 0 spiro atoms. The first-order valence-electron chi connectivity index (χ1n) is 8.72. The van der Waals surface area contributed by atoms with E-state index >= 15 is 0 Å². The summed E-state index contributed by atoms with van der Waals surface area (Å²) in [4.78, 5) is 18.3. The maximum Gasteiger partial charge on any atom is 0.262 e. The van der Waals surface area contributed by atoms with E-state index in [9.17, 15) is 4.79 Å². The van der Waals surface area contributed by atoms with E-state index in [1.165, 1.54) is 0 Å². The van der Waals surface area contributed by atoms with E-state index in [1.807, 2.05) is 44.2 Å². The van der Waals surface area contributed by atoms with Gasteiger partial charge in [-0.05, 0) is 38.1 Å². The third-order valence-corrected chi connectivity index (χ3v) is 4.46. The SMILES string of the molecule is CCN(CC)C(=O)COc1ccccc1-c1nc(-c2ccccc2Cl)no1. The zero-order chi connectivity index (χ0) is 19.2. The van der Waals surface area contributed by atoms with Gasteiger partial charge in [0.1, 0.15) is 5.75 Å². The first-order chi connectivity index (χ1) is 13.1. The highest BCUT2D eigenvalue weighted by molar-refractivity contribution is 6.33. The van der Waals surface area contributed by atoms with Gasteiger partial charge in [0.15, 0.2) is 6.61 Å². The van der Waals surface area contributed by atoms with Crippen LogP contribution in [-0.4, -0.2) is 40.6 Å². The van der Waals surface area contributed by atoms with Crippen molar-refractivity contribution in [2.24, 2.45) is 0 Å². The molecule has 0 aliphatic rings. The number of carbonyl (C=O) groups is 1. The van der Waals surface area contributed by atoms with Gasteiger partial charge >= 0.3 is 0 Å². The second-order valence-electron chi connectivity index (χ2n) is 5.75. The number of carbonyl (C=O) groups excluding carboxylic acids is 1. The molecule has 0 bridgehead atoms. The summed E-state index contributed by atoms with van der Waals surface area (Å²) in [5, 5.41) is 4.55. The molecule has 1 heterocycles. The van der Waals surface area contributed by atoms with Crippen molar-refractivity contribution in [1.29, 1.82) is 0 Å².